The molecule has 1 fully saturated rings. The van der Waals surface area contributed by atoms with Gasteiger partial charge in [0.1, 0.15) is 12.1 Å². The summed E-state index contributed by atoms with van der Waals surface area (Å²) in [4.78, 5) is 8.83. The molecular formula is C16H25N3. The molecule has 3 heteroatoms. The van der Waals surface area contributed by atoms with E-state index in [2.05, 4.69) is 22.2 Å². The fraction of sp³-hybridized carbons (Fsp3) is 0.750. The number of rotatable bonds is 4. The van der Waals surface area contributed by atoms with Gasteiger partial charge in [-0.15, -0.1) is 0 Å². The Hall–Kier alpha value is -1.12. The van der Waals surface area contributed by atoms with Crippen LogP contribution in [0.3, 0.4) is 0 Å². The molecule has 1 aromatic heterocycles. The summed E-state index contributed by atoms with van der Waals surface area (Å²) in [7, 11) is 0. The number of hydrogen-bond acceptors (Lipinski definition) is 3. The molecule has 1 aromatic rings. The average molecular weight is 259 g/mol. The van der Waals surface area contributed by atoms with E-state index in [9.17, 15) is 0 Å². The summed E-state index contributed by atoms with van der Waals surface area (Å²) in [5.41, 5.74) is 2.65. The summed E-state index contributed by atoms with van der Waals surface area (Å²) < 4.78 is 0. The third-order valence-electron chi connectivity index (χ3n) is 4.98. The first-order valence-electron chi connectivity index (χ1n) is 7.93. The van der Waals surface area contributed by atoms with Crippen LogP contribution in [0.15, 0.2) is 6.33 Å². The van der Waals surface area contributed by atoms with E-state index in [1.165, 1.54) is 49.8 Å². The van der Waals surface area contributed by atoms with Crippen molar-refractivity contribution in [1.29, 1.82) is 0 Å². The predicted octanol–water partition coefficient (Wildman–Crippen LogP) is 3.59. The van der Waals surface area contributed by atoms with E-state index in [-0.39, 0.29) is 0 Å². The first-order chi connectivity index (χ1) is 9.36. The van der Waals surface area contributed by atoms with Crippen molar-refractivity contribution in [3.63, 3.8) is 0 Å². The van der Waals surface area contributed by atoms with Crippen LogP contribution in [0.4, 0.5) is 5.82 Å². The van der Waals surface area contributed by atoms with Gasteiger partial charge < -0.3 is 5.32 Å². The van der Waals surface area contributed by atoms with Gasteiger partial charge in [-0.2, -0.15) is 0 Å². The zero-order chi connectivity index (χ0) is 13.1. The van der Waals surface area contributed by atoms with Gasteiger partial charge in [-0.25, -0.2) is 9.97 Å². The van der Waals surface area contributed by atoms with Crippen molar-refractivity contribution in [2.24, 2.45) is 11.8 Å². The van der Waals surface area contributed by atoms with Gasteiger partial charge in [-0.3, -0.25) is 0 Å². The molecule has 2 aliphatic rings. The molecule has 2 aliphatic carbocycles. The topological polar surface area (TPSA) is 37.8 Å². The van der Waals surface area contributed by atoms with Crippen LogP contribution in [0, 0.1) is 11.8 Å². The van der Waals surface area contributed by atoms with E-state index >= 15 is 0 Å². The van der Waals surface area contributed by atoms with E-state index in [0.29, 0.717) is 0 Å². The Kier molecular flexibility index (Phi) is 4.00. The van der Waals surface area contributed by atoms with Gasteiger partial charge in [0.05, 0.1) is 0 Å². The minimum atomic E-state index is 0.842. The summed E-state index contributed by atoms with van der Waals surface area (Å²) in [6, 6.07) is 0. The standard InChI is InChI=1S/C16H25N3/c1-2-12-6-8-13(9-7-12)10-17-16-14-4-3-5-15(14)18-11-19-16/h11-13H,2-10H2,1H3,(H,17,18,19). The molecule has 0 aromatic carbocycles. The van der Waals surface area contributed by atoms with Gasteiger partial charge in [0.2, 0.25) is 0 Å². The van der Waals surface area contributed by atoms with Crippen molar-refractivity contribution in [1.82, 2.24) is 9.97 Å². The molecule has 1 heterocycles. The van der Waals surface area contributed by atoms with Crippen molar-refractivity contribution in [2.75, 3.05) is 11.9 Å². The third kappa shape index (κ3) is 2.90. The van der Waals surface area contributed by atoms with Crippen molar-refractivity contribution >= 4 is 5.82 Å². The zero-order valence-corrected chi connectivity index (χ0v) is 12.0. The normalized spacial score (nSPS) is 26.2. The van der Waals surface area contributed by atoms with Crippen LogP contribution >= 0.6 is 0 Å². The van der Waals surface area contributed by atoms with E-state index in [1.54, 1.807) is 6.33 Å². The Morgan fingerprint density at radius 3 is 2.68 bits per heavy atom. The lowest BCUT2D eigenvalue weighted by Gasteiger charge is -2.28. The van der Waals surface area contributed by atoms with Crippen molar-refractivity contribution < 1.29 is 0 Å². The van der Waals surface area contributed by atoms with Crippen LogP contribution in [-0.4, -0.2) is 16.5 Å². The van der Waals surface area contributed by atoms with Crippen LogP contribution in [0.1, 0.15) is 56.7 Å². The lowest BCUT2D eigenvalue weighted by Crippen LogP contribution is -2.21. The largest absolute Gasteiger partial charge is 0.369 e. The molecule has 0 amide bonds. The van der Waals surface area contributed by atoms with E-state index < -0.39 is 0 Å². The maximum atomic E-state index is 4.44. The summed E-state index contributed by atoms with van der Waals surface area (Å²) in [5, 5.41) is 3.60. The number of aromatic nitrogens is 2. The van der Waals surface area contributed by atoms with Crippen LogP contribution in [0.25, 0.3) is 0 Å². The molecule has 0 unspecified atom stereocenters. The van der Waals surface area contributed by atoms with Gasteiger partial charge >= 0.3 is 0 Å². The van der Waals surface area contributed by atoms with E-state index in [1.807, 2.05) is 0 Å². The Balaban J connectivity index is 1.54. The Morgan fingerprint density at radius 1 is 1.11 bits per heavy atom. The molecule has 0 saturated heterocycles. The minimum absolute atomic E-state index is 0.842. The molecule has 1 N–H and O–H groups in total. The molecule has 3 nitrogen and oxygen atoms in total. The number of anilines is 1. The Morgan fingerprint density at radius 2 is 1.89 bits per heavy atom. The lowest BCUT2D eigenvalue weighted by atomic mass is 9.81. The summed E-state index contributed by atoms with van der Waals surface area (Å²) in [6.45, 7) is 3.42. The quantitative estimate of drug-likeness (QED) is 0.898. The number of aryl methyl sites for hydroxylation is 1. The molecular weight excluding hydrogens is 234 g/mol. The second kappa shape index (κ2) is 5.89. The van der Waals surface area contributed by atoms with E-state index in [0.717, 1.165) is 37.0 Å². The molecule has 19 heavy (non-hydrogen) atoms. The Labute approximate surface area is 116 Å². The highest BCUT2D eigenvalue weighted by molar-refractivity contribution is 5.47. The minimum Gasteiger partial charge on any atom is -0.369 e. The van der Waals surface area contributed by atoms with Gasteiger partial charge in [0, 0.05) is 17.8 Å². The van der Waals surface area contributed by atoms with Crippen LogP contribution in [-0.2, 0) is 12.8 Å². The second-order valence-corrected chi connectivity index (χ2v) is 6.18. The lowest BCUT2D eigenvalue weighted by molar-refractivity contribution is 0.278. The highest BCUT2D eigenvalue weighted by Gasteiger charge is 2.21. The fourth-order valence-electron chi connectivity index (χ4n) is 3.60. The smallest absolute Gasteiger partial charge is 0.132 e. The number of fused-ring (bicyclic) bond motifs is 1. The second-order valence-electron chi connectivity index (χ2n) is 6.18. The third-order valence-corrected chi connectivity index (χ3v) is 4.98. The molecule has 0 bridgehead atoms. The highest BCUT2D eigenvalue weighted by atomic mass is 15.0. The van der Waals surface area contributed by atoms with Crippen molar-refractivity contribution in [2.45, 2.75) is 58.3 Å². The summed E-state index contributed by atoms with van der Waals surface area (Å²) in [5.74, 6) is 2.94. The van der Waals surface area contributed by atoms with E-state index in [4.69, 9.17) is 0 Å². The average Bonchev–Trinajstić information content (AvgIpc) is 2.94. The monoisotopic (exact) mass is 259 g/mol. The molecule has 0 radical (unpaired) electrons. The van der Waals surface area contributed by atoms with Gasteiger partial charge in [-0.1, -0.05) is 26.2 Å². The molecule has 0 aliphatic heterocycles. The zero-order valence-electron chi connectivity index (χ0n) is 12.0. The highest BCUT2D eigenvalue weighted by Crippen LogP contribution is 2.31. The number of hydrogen-bond donors (Lipinski definition) is 1. The molecule has 104 valence electrons. The van der Waals surface area contributed by atoms with Crippen LogP contribution in [0.2, 0.25) is 0 Å². The van der Waals surface area contributed by atoms with Crippen molar-refractivity contribution in [3.8, 4) is 0 Å². The van der Waals surface area contributed by atoms with Crippen LogP contribution in [0.5, 0.6) is 0 Å². The predicted molar refractivity (Wildman–Crippen MR) is 78.3 cm³/mol. The molecule has 3 rings (SSSR count). The Bertz CT molecular complexity index is 422. The van der Waals surface area contributed by atoms with Gasteiger partial charge in [0.15, 0.2) is 0 Å². The van der Waals surface area contributed by atoms with Gasteiger partial charge in [0.25, 0.3) is 0 Å². The molecule has 0 spiro atoms. The first-order valence-corrected chi connectivity index (χ1v) is 7.93. The molecule has 1 saturated carbocycles. The summed E-state index contributed by atoms with van der Waals surface area (Å²) >= 11 is 0. The first kappa shape index (κ1) is 12.9. The maximum absolute atomic E-state index is 4.44. The van der Waals surface area contributed by atoms with Crippen LogP contribution < -0.4 is 5.32 Å². The fourth-order valence-corrected chi connectivity index (χ4v) is 3.60. The van der Waals surface area contributed by atoms with Crippen molar-refractivity contribution in [3.05, 3.63) is 17.6 Å². The molecule has 0 atom stereocenters. The van der Waals surface area contributed by atoms with Gasteiger partial charge in [-0.05, 0) is 43.9 Å². The summed E-state index contributed by atoms with van der Waals surface area (Å²) in [6.07, 6.45) is 12.2. The maximum Gasteiger partial charge on any atom is 0.132 e. The number of nitrogens with zero attached hydrogens (tertiary/aromatic N) is 2. The SMILES string of the molecule is CCC1CCC(CNc2ncnc3c2CCC3)CC1. The number of nitrogens with one attached hydrogen (secondary N) is 1.